The van der Waals surface area contributed by atoms with Crippen molar-refractivity contribution in [1.29, 1.82) is 0 Å². The number of alkyl halides is 2. The molecule has 0 radical (unpaired) electrons. The molecule has 0 aliphatic heterocycles. The molecule has 4 nitrogen and oxygen atoms in total. The van der Waals surface area contributed by atoms with Crippen molar-refractivity contribution < 1.29 is 18.3 Å². The second-order valence-corrected chi connectivity index (χ2v) is 5.44. The van der Waals surface area contributed by atoms with Crippen LogP contribution in [-0.4, -0.2) is 25.1 Å². The first-order valence-electron chi connectivity index (χ1n) is 6.68. The summed E-state index contributed by atoms with van der Waals surface area (Å²) in [6.45, 7) is 1.67. The van der Waals surface area contributed by atoms with Gasteiger partial charge in [-0.2, -0.15) is 8.78 Å². The Morgan fingerprint density at radius 1 is 1.43 bits per heavy atom. The molecule has 1 aromatic rings. The summed E-state index contributed by atoms with van der Waals surface area (Å²) in [4.78, 5) is 11.7. The largest absolute Gasteiger partial charge is 0.434 e. The molecule has 1 unspecified atom stereocenters. The fourth-order valence-corrected chi connectivity index (χ4v) is 2.06. The molecule has 1 atom stereocenters. The van der Waals surface area contributed by atoms with Crippen molar-refractivity contribution in [2.75, 3.05) is 6.54 Å². The number of carbonyl (C=O) groups is 1. The van der Waals surface area contributed by atoms with Crippen molar-refractivity contribution in [3.63, 3.8) is 0 Å². The van der Waals surface area contributed by atoms with Crippen LogP contribution in [0, 0.1) is 0 Å². The molecule has 0 bridgehead atoms. The van der Waals surface area contributed by atoms with Crippen LogP contribution in [0.25, 0.3) is 0 Å². The number of amides is 1. The Morgan fingerprint density at radius 3 is 2.76 bits per heavy atom. The Bertz CT molecular complexity index is 472. The fourth-order valence-electron chi connectivity index (χ4n) is 1.65. The second-order valence-electron chi connectivity index (χ2n) is 4.52. The quantitative estimate of drug-likeness (QED) is 0.745. The predicted octanol–water partition coefficient (Wildman–Crippen LogP) is 3.05. The minimum atomic E-state index is -2.88. The van der Waals surface area contributed by atoms with Crippen LogP contribution in [0.2, 0.25) is 0 Å². The van der Waals surface area contributed by atoms with Gasteiger partial charge in [-0.05, 0) is 31.5 Å². The van der Waals surface area contributed by atoms with Crippen LogP contribution >= 0.6 is 15.9 Å². The van der Waals surface area contributed by atoms with Crippen LogP contribution in [0.5, 0.6) is 5.75 Å². The molecule has 0 fully saturated rings. The lowest BCUT2D eigenvalue weighted by molar-refractivity contribution is -0.122. The average molecular weight is 365 g/mol. The average Bonchev–Trinajstić information content (AvgIpc) is 2.44. The van der Waals surface area contributed by atoms with Gasteiger partial charge in [-0.3, -0.25) is 4.79 Å². The van der Waals surface area contributed by atoms with Gasteiger partial charge < -0.3 is 15.4 Å². The third-order valence-corrected chi connectivity index (χ3v) is 3.27. The number of halogens is 3. The normalized spacial score (nSPS) is 12.3. The molecular formula is C14H19BrF2N2O2. The molecule has 118 valence electrons. The lowest BCUT2D eigenvalue weighted by Crippen LogP contribution is -2.42. The van der Waals surface area contributed by atoms with Crippen LogP contribution in [0.1, 0.15) is 25.8 Å². The number of rotatable bonds is 8. The van der Waals surface area contributed by atoms with E-state index in [0.29, 0.717) is 12.1 Å². The van der Waals surface area contributed by atoms with Crippen LogP contribution in [0.15, 0.2) is 22.7 Å². The number of benzene rings is 1. The molecule has 0 spiro atoms. The lowest BCUT2D eigenvalue weighted by atomic mass is 10.2. The summed E-state index contributed by atoms with van der Waals surface area (Å²) in [6, 6.07) is 4.35. The Labute approximate surface area is 131 Å². The van der Waals surface area contributed by atoms with Crippen molar-refractivity contribution in [1.82, 2.24) is 10.6 Å². The molecule has 1 amide bonds. The van der Waals surface area contributed by atoms with E-state index < -0.39 is 12.7 Å². The second kappa shape index (κ2) is 8.94. The molecule has 1 aromatic carbocycles. The highest BCUT2D eigenvalue weighted by molar-refractivity contribution is 9.10. The molecule has 0 aliphatic rings. The Balaban J connectivity index is 2.65. The number of carbonyl (C=O) groups excluding carboxylic acids is 1. The van der Waals surface area contributed by atoms with E-state index >= 15 is 0 Å². The van der Waals surface area contributed by atoms with Crippen molar-refractivity contribution in [3.05, 3.63) is 28.2 Å². The molecule has 7 heteroatoms. The van der Waals surface area contributed by atoms with E-state index in [2.05, 4.69) is 31.3 Å². The summed E-state index contributed by atoms with van der Waals surface area (Å²) < 4.78 is 29.9. The number of nitrogens with one attached hydrogen (secondary N) is 2. The minimum absolute atomic E-state index is 0.0990. The predicted molar refractivity (Wildman–Crippen MR) is 80.4 cm³/mol. The van der Waals surface area contributed by atoms with Gasteiger partial charge >= 0.3 is 6.61 Å². The van der Waals surface area contributed by atoms with Crippen molar-refractivity contribution in [2.24, 2.45) is 0 Å². The zero-order valence-electron chi connectivity index (χ0n) is 12.0. The van der Waals surface area contributed by atoms with E-state index in [9.17, 15) is 13.6 Å². The van der Waals surface area contributed by atoms with Gasteiger partial charge in [0.15, 0.2) is 0 Å². The van der Waals surface area contributed by atoms with Gasteiger partial charge in [0.2, 0.25) is 5.91 Å². The topological polar surface area (TPSA) is 50.4 Å². The third kappa shape index (κ3) is 6.39. The first-order chi connectivity index (χ1) is 9.93. The van der Waals surface area contributed by atoms with E-state index in [-0.39, 0.29) is 18.2 Å². The van der Waals surface area contributed by atoms with E-state index in [0.717, 1.165) is 10.9 Å². The van der Waals surface area contributed by atoms with E-state index in [1.54, 1.807) is 19.1 Å². The van der Waals surface area contributed by atoms with Crippen molar-refractivity contribution >= 4 is 21.8 Å². The summed E-state index contributed by atoms with van der Waals surface area (Å²) in [5, 5.41) is 5.76. The first kappa shape index (κ1) is 17.8. The van der Waals surface area contributed by atoms with Gasteiger partial charge in [0.1, 0.15) is 5.75 Å². The van der Waals surface area contributed by atoms with Gasteiger partial charge in [0.25, 0.3) is 0 Å². The van der Waals surface area contributed by atoms with Gasteiger partial charge in [-0.1, -0.05) is 22.9 Å². The highest BCUT2D eigenvalue weighted by Gasteiger charge is 2.14. The van der Waals surface area contributed by atoms with Gasteiger partial charge in [-0.25, -0.2) is 0 Å². The van der Waals surface area contributed by atoms with E-state index in [4.69, 9.17) is 0 Å². The van der Waals surface area contributed by atoms with Crippen molar-refractivity contribution in [2.45, 2.75) is 39.5 Å². The molecule has 0 saturated carbocycles. The first-order valence-corrected chi connectivity index (χ1v) is 7.47. The molecular weight excluding hydrogens is 346 g/mol. The fraction of sp³-hybridized carbons (Fsp3) is 0.500. The third-order valence-electron chi connectivity index (χ3n) is 2.78. The van der Waals surface area contributed by atoms with Crippen LogP contribution in [0.4, 0.5) is 8.78 Å². The summed E-state index contributed by atoms with van der Waals surface area (Å²) in [5.41, 5.74) is 0.555. The number of hydrogen-bond donors (Lipinski definition) is 2. The molecule has 21 heavy (non-hydrogen) atoms. The minimum Gasteiger partial charge on any atom is -0.434 e. The standard InChI is InChI=1S/C14H19BrF2N2O2/c1-3-6-18-13(20)9(2)19-8-10-7-11(15)4-5-12(10)21-14(16)17/h4-5,7,9,14,19H,3,6,8H2,1-2H3,(H,18,20). The SMILES string of the molecule is CCCNC(=O)C(C)NCc1cc(Br)ccc1OC(F)F. The van der Waals surface area contributed by atoms with Crippen LogP contribution < -0.4 is 15.4 Å². The van der Waals surface area contributed by atoms with Gasteiger partial charge in [0, 0.05) is 23.1 Å². The Hall–Kier alpha value is -1.21. The zero-order chi connectivity index (χ0) is 15.8. The van der Waals surface area contributed by atoms with Crippen LogP contribution in [-0.2, 0) is 11.3 Å². The maximum atomic E-state index is 12.3. The highest BCUT2D eigenvalue weighted by atomic mass is 79.9. The maximum Gasteiger partial charge on any atom is 0.387 e. The monoisotopic (exact) mass is 364 g/mol. The zero-order valence-corrected chi connectivity index (χ0v) is 13.5. The number of ether oxygens (including phenoxy) is 1. The van der Waals surface area contributed by atoms with E-state index in [1.807, 2.05) is 6.92 Å². The smallest absolute Gasteiger partial charge is 0.387 e. The molecule has 0 heterocycles. The van der Waals surface area contributed by atoms with Gasteiger partial charge in [-0.15, -0.1) is 0 Å². The maximum absolute atomic E-state index is 12.3. The Morgan fingerprint density at radius 2 is 2.14 bits per heavy atom. The molecule has 1 rings (SSSR count). The summed E-state index contributed by atoms with van der Waals surface area (Å²) >= 11 is 3.28. The summed E-state index contributed by atoms with van der Waals surface area (Å²) in [6.07, 6.45) is 0.858. The molecule has 0 aromatic heterocycles. The highest BCUT2D eigenvalue weighted by Crippen LogP contribution is 2.24. The lowest BCUT2D eigenvalue weighted by Gasteiger charge is -2.16. The Kier molecular flexibility index (Phi) is 7.60. The molecule has 2 N–H and O–H groups in total. The van der Waals surface area contributed by atoms with E-state index in [1.165, 1.54) is 6.07 Å². The van der Waals surface area contributed by atoms with Crippen LogP contribution in [0.3, 0.4) is 0 Å². The van der Waals surface area contributed by atoms with Crippen molar-refractivity contribution in [3.8, 4) is 5.75 Å². The summed E-state index contributed by atoms with van der Waals surface area (Å²) in [7, 11) is 0. The summed E-state index contributed by atoms with van der Waals surface area (Å²) in [5.74, 6) is -0.0231. The molecule has 0 aliphatic carbocycles. The van der Waals surface area contributed by atoms with Gasteiger partial charge in [0.05, 0.1) is 6.04 Å². The molecule has 0 saturated heterocycles. The number of hydrogen-bond acceptors (Lipinski definition) is 3.